The maximum absolute atomic E-state index is 11.2. The van der Waals surface area contributed by atoms with Gasteiger partial charge in [-0.15, -0.1) is 11.6 Å². The van der Waals surface area contributed by atoms with Gasteiger partial charge in [-0.2, -0.15) is 0 Å². The summed E-state index contributed by atoms with van der Waals surface area (Å²) in [5, 5.41) is -0.587. The lowest BCUT2D eigenvalue weighted by atomic mass is 10.3. The smallest absolute Gasteiger partial charge is 0.246 e. The summed E-state index contributed by atoms with van der Waals surface area (Å²) in [5.74, 6) is 0. The molecule has 0 atom stereocenters. The summed E-state index contributed by atoms with van der Waals surface area (Å²) in [4.78, 5) is 0.0438. The van der Waals surface area contributed by atoms with Gasteiger partial charge in [-0.3, -0.25) is 4.72 Å². The number of nitrogens with one attached hydrogen (secondary N) is 1. The Hall–Kier alpha value is -0.790. The van der Waals surface area contributed by atoms with E-state index in [-0.39, 0.29) is 10.6 Å². The molecule has 0 aromatic heterocycles. The molecule has 0 fully saturated rings. The summed E-state index contributed by atoms with van der Waals surface area (Å²) in [7, 11) is -6.97. The van der Waals surface area contributed by atoms with Crippen molar-refractivity contribution in [3.8, 4) is 0 Å². The molecule has 8 heteroatoms. The van der Waals surface area contributed by atoms with E-state index in [0.29, 0.717) is 0 Å². The van der Waals surface area contributed by atoms with Gasteiger partial charge in [0, 0.05) is 11.9 Å². The van der Waals surface area contributed by atoms with Crippen LogP contribution in [0.5, 0.6) is 0 Å². The molecule has 0 radical (unpaired) electrons. The van der Waals surface area contributed by atoms with Crippen molar-refractivity contribution in [2.24, 2.45) is 0 Å². The summed E-state index contributed by atoms with van der Waals surface area (Å²) in [5.41, 5.74) is 0.170. The molecule has 0 saturated carbocycles. The minimum absolute atomic E-state index is 0.0438. The fourth-order valence-electron chi connectivity index (χ4n) is 0.997. The first-order valence-corrected chi connectivity index (χ1v) is 8.19. The molecule has 1 aromatic rings. The van der Waals surface area contributed by atoms with Gasteiger partial charge in [0.25, 0.3) is 0 Å². The molecule has 1 aromatic carbocycles. The molecule has 5 nitrogen and oxygen atoms in total. The van der Waals surface area contributed by atoms with Crippen LogP contribution in [0.4, 0.5) is 5.69 Å². The second-order valence-corrected chi connectivity index (χ2v) is 7.45. The van der Waals surface area contributed by atoms with Crippen LogP contribution in [0, 0.1) is 0 Å². The maximum atomic E-state index is 11.2. The predicted molar refractivity (Wildman–Crippen MR) is 62.8 cm³/mol. The van der Waals surface area contributed by atoms with Crippen LogP contribution in [-0.4, -0.2) is 28.3 Å². The van der Waals surface area contributed by atoms with Crippen LogP contribution in [0.3, 0.4) is 0 Å². The molecule has 0 unspecified atom stereocenters. The van der Waals surface area contributed by atoms with Crippen molar-refractivity contribution in [1.82, 2.24) is 0 Å². The first-order chi connectivity index (χ1) is 7.24. The van der Waals surface area contributed by atoms with E-state index < -0.39 is 25.1 Å². The molecule has 16 heavy (non-hydrogen) atoms. The highest BCUT2D eigenvalue weighted by atomic mass is 35.5. The van der Waals surface area contributed by atoms with Gasteiger partial charge in [0.2, 0.25) is 10.0 Å². The summed E-state index contributed by atoms with van der Waals surface area (Å²) in [6, 6.07) is 5.51. The molecule has 0 amide bonds. The lowest BCUT2D eigenvalue weighted by Crippen LogP contribution is -2.13. The first-order valence-electron chi connectivity index (χ1n) is 4.11. The Labute approximate surface area is 99.4 Å². The number of anilines is 1. The Bertz CT molecular complexity index is 580. The predicted octanol–water partition coefficient (Wildman–Crippen LogP) is 1.03. The van der Waals surface area contributed by atoms with E-state index in [4.69, 9.17) is 11.6 Å². The van der Waals surface area contributed by atoms with Crippen LogP contribution < -0.4 is 4.72 Å². The fraction of sp³-hybridized carbons (Fsp3) is 0.250. The first kappa shape index (κ1) is 13.3. The van der Waals surface area contributed by atoms with E-state index >= 15 is 0 Å². The van der Waals surface area contributed by atoms with Gasteiger partial charge in [-0.05, 0) is 18.2 Å². The summed E-state index contributed by atoms with van der Waals surface area (Å²) < 4.78 is 46.9. The quantitative estimate of drug-likeness (QED) is 0.837. The minimum atomic E-state index is -3.61. The maximum Gasteiger partial charge on any atom is 0.246 e. The number of sulfonamides is 1. The van der Waals surface area contributed by atoms with E-state index in [2.05, 4.69) is 4.72 Å². The monoisotopic (exact) mass is 283 g/mol. The van der Waals surface area contributed by atoms with E-state index in [9.17, 15) is 16.8 Å². The van der Waals surface area contributed by atoms with Gasteiger partial charge >= 0.3 is 0 Å². The standard InChI is InChI=1S/C8H10ClNO4S2/c1-15(11,12)8-4-2-3-7(5-8)10-16(13,14)6-9/h2-5,10H,6H2,1H3. The van der Waals surface area contributed by atoms with Crippen LogP contribution in [0.25, 0.3) is 0 Å². The molecular formula is C8H10ClNO4S2. The Morgan fingerprint density at radius 1 is 1.25 bits per heavy atom. The number of alkyl halides is 1. The average molecular weight is 284 g/mol. The number of hydrogen-bond acceptors (Lipinski definition) is 4. The van der Waals surface area contributed by atoms with E-state index in [0.717, 1.165) is 6.26 Å². The molecule has 0 aliphatic carbocycles. The van der Waals surface area contributed by atoms with Crippen molar-refractivity contribution in [2.75, 3.05) is 16.2 Å². The van der Waals surface area contributed by atoms with Crippen LogP contribution in [0.15, 0.2) is 29.2 Å². The lowest BCUT2D eigenvalue weighted by Gasteiger charge is -2.06. The zero-order valence-electron chi connectivity index (χ0n) is 8.34. The molecule has 1 N–H and O–H groups in total. The number of benzene rings is 1. The van der Waals surface area contributed by atoms with Crippen molar-refractivity contribution in [3.63, 3.8) is 0 Å². The molecule has 0 heterocycles. The topological polar surface area (TPSA) is 80.3 Å². The Morgan fingerprint density at radius 3 is 2.38 bits per heavy atom. The molecular weight excluding hydrogens is 274 g/mol. The van der Waals surface area contributed by atoms with Gasteiger partial charge in [0.05, 0.1) is 4.90 Å². The lowest BCUT2D eigenvalue weighted by molar-refractivity contribution is 0.600. The third-order valence-corrected chi connectivity index (χ3v) is 4.49. The Kier molecular flexibility index (Phi) is 3.82. The summed E-state index contributed by atoms with van der Waals surface area (Å²) in [6.07, 6.45) is 1.04. The number of rotatable bonds is 4. The Balaban J connectivity index is 3.11. The van der Waals surface area contributed by atoms with Crippen molar-refractivity contribution >= 4 is 37.1 Å². The molecule has 0 aliphatic heterocycles. The van der Waals surface area contributed by atoms with Gasteiger partial charge in [-0.1, -0.05) is 6.07 Å². The normalized spacial score (nSPS) is 12.4. The van der Waals surface area contributed by atoms with Crippen LogP contribution >= 0.6 is 11.6 Å². The molecule has 0 bridgehead atoms. The number of sulfone groups is 1. The molecule has 0 saturated heterocycles. The highest BCUT2D eigenvalue weighted by molar-refractivity contribution is 7.93. The van der Waals surface area contributed by atoms with Gasteiger partial charge in [-0.25, -0.2) is 16.8 Å². The number of hydrogen-bond donors (Lipinski definition) is 1. The minimum Gasteiger partial charge on any atom is -0.283 e. The average Bonchev–Trinajstić information content (AvgIpc) is 2.16. The molecule has 90 valence electrons. The zero-order valence-corrected chi connectivity index (χ0v) is 10.7. The van der Waals surface area contributed by atoms with Crippen LogP contribution in [0.2, 0.25) is 0 Å². The SMILES string of the molecule is CS(=O)(=O)c1cccc(NS(=O)(=O)CCl)c1. The number of halogens is 1. The van der Waals surface area contributed by atoms with Crippen molar-refractivity contribution in [3.05, 3.63) is 24.3 Å². The Morgan fingerprint density at radius 2 is 1.88 bits per heavy atom. The van der Waals surface area contributed by atoms with Gasteiger partial charge in [0.1, 0.15) is 5.21 Å². The van der Waals surface area contributed by atoms with E-state index in [1.165, 1.54) is 24.3 Å². The zero-order chi connectivity index (χ0) is 12.4. The summed E-state index contributed by atoms with van der Waals surface area (Å²) >= 11 is 5.20. The highest BCUT2D eigenvalue weighted by Gasteiger charge is 2.11. The fourth-order valence-corrected chi connectivity index (χ4v) is 2.37. The highest BCUT2D eigenvalue weighted by Crippen LogP contribution is 2.16. The van der Waals surface area contributed by atoms with Crippen molar-refractivity contribution in [1.29, 1.82) is 0 Å². The third-order valence-electron chi connectivity index (χ3n) is 1.68. The van der Waals surface area contributed by atoms with Crippen molar-refractivity contribution in [2.45, 2.75) is 4.90 Å². The van der Waals surface area contributed by atoms with Gasteiger partial charge < -0.3 is 0 Å². The summed E-state index contributed by atoms with van der Waals surface area (Å²) in [6.45, 7) is 0. The van der Waals surface area contributed by atoms with Crippen molar-refractivity contribution < 1.29 is 16.8 Å². The van der Waals surface area contributed by atoms with Gasteiger partial charge in [0.15, 0.2) is 9.84 Å². The molecule has 0 aliphatic rings. The van der Waals surface area contributed by atoms with Crippen LogP contribution in [0.1, 0.15) is 0 Å². The molecule has 1 rings (SSSR count). The van der Waals surface area contributed by atoms with E-state index in [1.54, 1.807) is 0 Å². The van der Waals surface area contributed by atoms with Crippen LogP contribution in [-0.2, 0) is 19.9 Å². The third kappa shape index (κ3) is 3.66. The second-order valence-electron chi connectivity index (χ2n) is 3.13. The second kappa shape index (κ2) is 4.60. The van der Waals surface area contributed by atoms with E-state index in [1.807, 2.05) is 0 Å². The largest absolute Gasteiger partial charge is 0.283 e. The molecule has 0 spiro atoms.